The topological polar surface area (TPSA) is 18.5 Å². The van der Waals surface area contributed by atoms with Crippen molar-refractivity contribution in [1.82, 2.24) is 0 Å². The summed E-state index contributed by atoms with van der Waals surface area (Å²) in [6.45, 7) is 8.25. The lowest BCUT2D eigenvalue weighted by molar-refractivity contribution is 0.343. The summed E-state index contributed by atoms with van der Waals surface area (Å²) in [6, 6.07) is 6.17. The normalized spacial score (nSPS) is 14.1. The molecular formula is C20H30O2. The fourth-order valence-electron chi connectivity index (χ4n) is 2.99. The standard InChI is InChI=1S/C20H30O2/c1-4-17(5-2)8-6-7-16(3)11-13-21-19-10-9-18-12-14-22-20(18)15-19/h9-11,15,17H,4-8,12-14H2,1-3H3. The van der Waals surface area contributed by atoms with Gasteiger partial charge in [-0.15, -0.1) is 0 Å². The van der Waals surface area contributed by atoms with E-state index in [1.165, 1.54) is 43.2 Å². The first-order valence-electron chi connectivity index (χ1n) is 8.77. The average molecular weight is 302 g/mol. The van der Waals surface area contributed by atoms with E-state index in [1.54, 1.807) is 0 Å². The van der Waals surface area contributed by atoms with Crippen LogP contribution in [-0.2, 0) is 6.42 Å². The van der Waals surface area contributed by atoms with Crippen LogP contribution < -0.4 is 9.47 Å². The third kappa shape index (κ3) is 5.08. The van der Waals surface area contributed by atoms with Crippen molar-refractivity contribution < 1.29 is 9.47 Å². The minimum atomic E-state index is 0.648. The summed E-state index contributed by atoms with van der Waals surface area (Å²) in [7, 11) is 0. The molecule has 0 aliphatic carbocycles. The number of allylic oxidation sites excluding steroid dienone is 1. The summed E-state index contributed by atoms with van der Waals surface area (Å²) in [5, 5.41) is 0. The molecule has 1 aromatic carbocycles. The molecule has 1 aliphatic heterocycles. The van der Waals surface area contributed by atoms with Gasteiger partial charge in [0, 0.05) is 12.5 Å². The SMILES string of the molecule is CCC(CC)CCCC(C)=CCOc1ccc2c(c1)OCC2. The zero-order valence-corrected chi connectivity index (χ0v) is 14.4. The highest BCUT2D eigenvalue weighted by molar-refractivity contribution is 5.42. The van der Waals surface area contributed by atoms with Gasteiger partial charge in [0.25, 0.3) is 0 Å². The Bertz CT molecular complexity index is 486. The molecule has 0 spiro atoms. The van der Waals surface area contributed by atoms with Gasteiger partial charge in [-0.25, -0.2) is 0 Å². The molecule has 2 nitrogen and oxygen atoms in total. The van der Waals surface area contributed by atoms with Crippen molar-refractivity contribution in [3.63, 3.8) is 0 Å². The van der Waals surface area contributed by atoms with E-state index in [2.05, 4.69) is 32.9 Å². The number of rotatable bonds is 9. The Morgan fingerprint density at radius 1 is 1.32 bits per heavy atom. The summed E-state index contributed by atoms with van der Waals surface area (Å²) >= 11 is 0. The second kappa shape index (κ2) is 8.87. The molecule has 22 heavy (non-hydrogen) atoms. The minimum Gasteiger partial charge on any atom is -0.493 e. The molecule has 1 heterocycles. The fourth-order valence-corrected chi connectivity index (χ4v) is 2.99. The molecule has 2 rings (SSSR count). The van der Waals surface area contributed by atoms with E-state index in [9.17, 15) is 0 Å². The van der Waals surface area contributed by atoms with Gasteiger partial charge in [-0.1, -0.05) is 44.7 Å². The maximum Gasteiger partial charge on any atom is 0.126 e. The van der Waals surface area contributed by atoms with Crippen molar-refractivity contribution >= 4 is 0 Å². The Morgan fingerprint density at radius 3 is 2.91 bits per heavy atom. The van der Waals surface area contributed by atoms with Gasteiger partial charge in [0.1, 0.15) is 18.1 Å². The van der Waals surface area contributed by atoms with Crippen molar-refractivity contribution in [3.8, 4) is 11.5 Å². The Kier molecular flexibility index (Phi) is 6.82. The molecule has 0 unspecified atom stereocenters. The zero-order valence-electron chi connectivity index (χ0n) is 14.4. The molecule has 0 saturated carbocycles. The Morgan fingerprint density at radius 2 is 2.14 bits per heavy atom. The van der Waals surface area contributed by atoms with Gasteiger partial charge >= 0.3 is 0 Å². The van der Waals surface area contributed by atoms with E-state index in [0.717, 1.165) is 30.4 Å². The molecule has 1 aromatic rings. The van der Waals surface area contributed by atoms with E-state index in [0.29, 0.717) is 6.61 Å². The molecule has 0 amide bonds. The van der Waals surface area contributed by atoms with Gasteiger partial charge in [-0.05, 0) is 43.4 Å². The maximum atomic E-state index is 5.82. The van der Waals surface area contributed by atoms with Gasteiger partial charge in [-0.2, -0.15) is 0 Å². The summed E-state index contributed by atoms with van der Waals surface area (Å²) in [4.78, 5) is 0. The molecule has 0 radical (unpaired) electrons. The van der Waals surface area contributed by atoms with Gasteiger partial charge in [0.05, 0.1) is 6.61 Å². The first kappa shape index (κ1) is 16.9. The van der Waals surface area contributed by atoms with E-state index >= 15 is 0 Å². The molecule has 0 fully saturated rings. The smallest absolute Gasteiger partial charge is 0.126 e. The molecule has 122 valence electrons. The number of benzene rings is 1. The summed E-state index contributed by atoms with van der Waals surface area (Å²) < 4.78 is 11.4. The lowest BCUT2D eigenvalue weighted by Gasteiger charge is -2.11. The first-order chi connectivity index (χ1) is 10.7. The minimum absolute atomic E-state index is 0.648. The van der Waals surface area contributed by atoms with Crippen molar-refractivity contribution in [2.45, 2.75) is 59.3 Å². The monoisotopic (exact) mass is 302 g/mol. The van der Waals surface area contributed by atoms with Crippen molar-refractivity contribution in [1.29, 1.82) is 0 Å². The second-order valence-corrected chi connectivity index (χ2v) is 6.30. The number of hydrogen-bond acceptors (Lipinski definition) is 2. The van der Waals surface area contributed by atoms with Crippen LogP contribution in [0.3, 0.4) is 0 Å². The van der Waals surface area contributed by atoms with E-state index in [1.807, 2.05) is 12.1 Å². The van der Waals surface area contributed by atoms with Crippen molar-refractivity contribution in [2.75, 3.05) is 13.2 Å². The third-order valence-corrected chi connectivity index (χ3v) is 4.69. The number of ether oxygens (including phenoxy) is 2. The van der Waals surface area contributed by atoms with Crippen LogP contribution in [0.2, 0.25) is 0 Å². The van der Waals surface area contributed by atoms with Crippen LogP contribution in [0.25, 0.3) is 0 Å². The Hall–Kier alpha value is -1.44. The van der Waals surface area contributed by atoms with Gasteiger partial charge in [0.15, 0.2) is 0 Å². The Balaban J connectivity index is 1.70. The highest BCUT2D eigenvalue weighted by Gasteiger charge is 2.12. The van der Waals surface area contributed by atoms with Gasteiger partial charge in [0.2, 0.25) is 0 Å². The second-order valence-electron chi connectivity index (χ2n) is 6.30. The summed E-state index contributed by atoms with van der Waals surface area (Å²) in [6.07, 6.45) is 9.67. The fraction of sp³-hybridized carbons (Fsp3) is 0.600. The maximum absolute atomic E-state index is 5.82. The quantitative estimate of drug-likeness (QED) is 0.556. The predicted molar refractivity (Wildman–Crippen MR) is 92.8 cm³/mol. The molecule has 0 aromatic heterocycles. The number of fused-ring (bicyclic) bond motifs is 1. The van der Waals surface area contributed by atoms with Crippen LogP contribution >= 0.6 is 0 Å². The molecule has 1 aliphatic rings. The van der Waals surface area contributed by atoms with Gasteiger partial charge < -0.3 is 9.47 Å². The molecule has 0 N–H and O–H groups in total. The van der Waals surface area contributed by atoms with Crippen LogP contribution in [-0.4, -0.2) is 13.2 Å². The molecular weight excluding hydrogens is 272 g/mol. The van der Waals surface area contributed by atoms with Crippen LogP contribution in [0, 0.1) is 5.92 Å². The molecule has 0 atom stereocenters. The van der Waals surface area contributed by atoms with Crippen molar-refractivity contribution in [2.24, 2.45) is 5.92 Å². The highest BCUT2D eigenvalue weighted by Crippen LogP contribution is 2.29. The largest absolute Gasteiger partial charge is 0.493 e. The summed E-state index contributed by atoms with van der Waals surface area (Å²) in [5.41, 5.74) is 2.73. The highest BCUT2D eigenvalue weighted by atomic mass is 16.5. The third-order valence-electron chi connectivity index (χ3n) is 4.69. The molecule has 2 heteroatoms. The van der Waals surface area contributed by atoms with Crippen molar-refractivity contribution in [3.05, 3.63) is 35.4 Å². The van der Waals surface area contributed by atoms with Crippen LogP contribution in [0.15, 0.2) is 29.8 Å². The van der Waals surface area contributed by atoms with E-state index < -0.39 is 0 Å². The van der Waals surface area contributed by atoms with Crippen LogP contribution in [0.4, 0.5) is 0 Å². The lowest BCUT2D eigenvalue weighted by Crippen LogP contribution is -1.98. The number of hydrogen-bond donors (Lipinski definition) is 0. The van der Waals surface area contributed by atoms with Crippen LogP contribution in [0.5, 0.6) is 11.5 Å². The first-order valence-corrected chi connectivity index (χ1v) is 8.77. The molecule has 0 bridgehead atoms. The predicted octanol–water partition coefficient (Wildman–Crippen LogP) is 5.55. The average Bonchev–Trinajstić information content (AvgIpc) is 2.99. The summed E-state index contributed by atoms with van der Waals surface area (Å²) in [5.74, 6) is 2.79. The van der Waals surface area contributed by atoms with Crippen LogP contribution in [0.1, 0.15) is 58.4 Å². The zero-order chi connectivity index (χ0) is 15.8. The van der Waals surface area contributed by atoms with Gasteiger partial charge in [-0.3, -0.25) is 0 Å². The van der Waals surface area contributed by atoms with E-state index in [4.69, 9.17) is 9.47 Å². The molecule has 0 saturated heterocycles. The lowest BCUT2D eigenvalue weighted by atomic mass is 9.95. The van der Waals surface area contributed by atoms with E-state index in [-0.39, 0.29) is 0 Å². The Labute approximate surface area is 135 Å².